The Hall–Kier alpha value is -1.31. The van der Waals surface area contributed by atoms with E-state index in [9.17, 15) is 4.79 Å². The summed E-state index contributed by atoms with van der Waals surface area (Å²) in [5, 5.41) is 10.6. The molecule has 0 atom stereocenters. The molecule has 2 rings (SSSR count). The molecule has 1 N–H and O–H groups in total. The molecule has 1 saturated heterocycles. The number of nitrogens with zero attached hydrogens (tertiary/aromatic N) is 1. The van der Waals surface area contributed by atoms with Gasteiger partial charge >= 0.3 is 0 Å². The van der Waals surface area contributed by atoms with Crippen LogP contribution in [0.15, 0.2) is 11.4 Å². The summed E-state index contributed by atoms with van der Waals surface area (Å²) in [6.07, 6.45) is 3.93. The van der Waals surface area contributed by atoms with Gasteiger partial charge in [-0.25, -0.2) is 0 Å². The maximum Gasteiger partial charge on any atom is 0.254 e. The third-order valence-electron chi connectivity index (χ3n) is 3.77. The van der Waals surface area contributed by atoms with Crippen molar-refractivity contribution in [1.82, 2.24) is 4.90 Å². The zero-order valence-electron chi connectivity index (χ0n) is 11.9. The predicted octanol–water partition coefficient (Wildman–Crippen LogP) is 2.74. The van der Waals surface area contributed by atoms with Crippen LogP contribution in [-0.2, 0) is 0 Å². The highest BCUT2D eigenvalue weighted by Crippen LogP contribution is 2.22. The van der Waals surface area contributed by atoms with Crippen molar-refractivity contribution < 1.29 is 9.90 Å². The molecule has 1 aromatic heterocycles. The van der Waals surface area contributed by atoms with Crippen LogP contribution in [0.4, 0.5) is 0 Å². The van der Waals surface area contributed by atoms with Crippen LogP contribution in [0.5, 0.6) is 0 Å². The number of carbonyl (C=O) groups is 1. The normalized spacial score (nSPS) is 15.8. The van der Waals surface area contributed by atoms with Gasteiger partial charge < -0.3 is 10.0 Å². The Morgan fingerprint density at radius 3 is 2.90 bits per heavy atom. The van der Waals surface area contributed by atoms with Crippen molar-refractivity contribution in [3.8, 4) is 11.8 Å². The van der Waals surface area contributed by atoms with Gasteiger partial charge in [-0.3, -0.25) is 4.79 Å². The SMILES string of the molecule is CCC1CCN(C(=O)c2csc(C#CCCO)c2)CC1. The minimum absolute atomic E-state index is 0.0799. The van der Waals surface area contributed by atoms with Crippen molar-refractivity contribution in [1.29, 1.82) is 0 Å². The van der Waals surface area contributed by atoms with Crippen molar-refractivity contribution in [2.75, 3.05) is 19.7 Å². The maximum absolute atomic E-state index is 12.4. The van der Waals surface area contributed by atoms with Crippen molar-refractivity contribution >= 4 is 17.2 Å². The first-order valence-electron chi connectivity index (χ1n) is 7.22. The lowest BCUT2D eigenvalue weighted by Crippen LogP contribution is -2.38. The number of likely N-dealkylation sites (tertiary alicyclic amines) is 1. The number of piperidine rings is 1. The first kappa shape index (κ1) is 15.1. The summed E-state index contributed by atoms with van der Waals surface area (Å²) < 4.78 is 0. The number of amides is 1. The van der Waals surface area contributed by atoms with Crippen LogP contribution in [0.3, 0.4) is 0 Å². The van der Waals surface area contributed by atoms with E-state index < -0.39 is 0 Å². The fraction of sp³-hybridized carbons (Fsp3) is 0.562. The van der Waals surface area contributed by atoms with Gasteiger partial charge in [-0.15, -0.1) is 11.3 Å². The Morgan fingerprint density at radius 2 is 2.25 bits per heavy atom. The first-order valence-corrected chi connectivity index (χ1v) is 8.10. The van der Waals surface area contributed by atoms with Crippen LogP contribution in [0, 0.1) is 17.8 Å². The van der Waals surface area contributed by atoms with Crippen molar-refractivity contribution in [2.24, 2.45) is 5.92 Å². The topological polar surface area (TPSA) is 40.5 Å². The van der Waals surface area contributed by atoms with E-state index in [1.54, 1.807) is 0 Å². The van der Waals surface area contributed by atoms with Gasteiger partial charge in [0.15, 0.2) is 0 Å². The number of hydrogen-bond donors (Lipinski definition) is 1. The Kier molecular flexibility index (Phi) is 5.63. The highest BCUT2D eigenvalue weighted by atomic mass is 32.1. The second-order valence-electron chi connectivity index (χ2n) is 5.12. The Balaban J connectivity index is 1.95. The molecule has 20 heavy (non-hydrogen) atoms. The molecule has 0 radical (unpaired) electrons. The van der Waals surface area contributed by atoms with E-state index in [2.05, 4.69) is 18.8 Å². The molecule has 4 heteroatoms. The molecule has 1 aliphatic heterocycles. The molecule has 108 valence electrons. The van der Waals surface area contributed by atoms with Crippen molar-refractivity contribution in [3.63, 3.8) is 0 Å². The summed E-state index contributed by atoms with van der Waals surface area (Å²) in [6, 6.07) is 1.86. The lowest BCUT2D eigenvalue weighted by atomic mass is 9.94. The van der Waals surface area contributed by atoms with Gasteiger partial charge in [-0.2, -0.15) is 0 Å². The predicted molar refractivity (Wildman–Crippen MR) is 81.8 cm³/mol. The minimum atomic E-state index is 0.0799. The quantitative estimate of drug-likeness (QED) is 0.870. The van der Waals surface area contributed by atoms with E-state index in [4.69, 9.17) is 5.11 Å². The van der Waals surface area contributed by atoms with E-state index in [0.717, 1.165) is 42.3 Å². The van der Waals surface area contributed by atoms with E-state index >= 15 is 0 Å². The molecule has 0 spiro atoms. The third kappa shape index (κ3) is 3.84. The molecular weight excluding hydrogens is 270 g/mol. The Labute approximate surface area is 124 Å². The fourth-order valence-electron chi connectivity index (χ4n) is 2.45. The summed E-state index contributed by atoms with van der Waals surface area (Å²) >= 11 is 1.49. The number of aliphatic hydroxyl groups is 1. The van der Waals surface area contributed by atoms with Crippen LogP contribution >= 0.6 is 11.3 Å². The summed E-state index contributed by atoms with van der Waals surface area (Å²) in [7, 11) is 0. The van der Waals surface area contributed by atoms with Gasteiger partial charge in [-0.1, -0.05) is 25.2 Å². The molecule has 1 aromatic rings. The second-order valence-corrected chi connectivity index (χ2v) is 6.03. The van der Waals surface area contributed by atoms with E-state index in [0.29, 0.717) is 6.42 Å². The standard InChI is InChI=1S/C16H21NO2S/c1-2-13-6-8-17(9-7-13)16(19)14-11-15(20-12-14)5-3-4-10-18/h11-13,18H,2,4,6-10H2,1H3. The molecule has 0 unspecified atom stereocenters. The average molecular weight is 291 g/mol. The van der Waals surface area contributed by atoms with Crippen molar-refractivity contribution in [3.05, 3.63) is 21.9 Å². The van der Waals surface area contributed by atoms with Gasteiger partial charge in [-0.05, 0) is 24.8 Å². The molecule has 1 amide bonds. The number of rotatable bonds is 3. The van der Waals surface area contributed by atoms with Crippen LogP contribution in [0.1, 0.15) is 47.8 Å². The van der Waals surface area contributed by atoms with Crippen LogP contribution in [-0.4, -0.2) is 35.6 Å². The lowest BCUT2D eigenvalue weighted by molar-refractivity contribution is 0.0689. The maximum atomic E-state index is 12.4. The van der Waals surface area contributed by atoms with Gasteiger partial charge in [0.05, 0.1) is 17.0 Å². The summed E-state index contributed by atoms with van der Waals surface area (Å²) in [5.41, 5.74) is 0.748. The van der Waals surface area contributed by atoms with E-state index in [1.807, 2.05) is 16.3 Å². The number of aliphatic hydroxyl groups excluding tert-OH is 1. The summed E-state index contributed by atoms with van der Waals surface area (Å²) in [5.74, 6) is 6.77. The molecule has 2 heterocycles. The lowest BCUT2D eigenvalue weighted by Gasteiger charge is -2.31. The van der Waals surface area contributed by atoms with E-state index in [1.165, 1.54) is 17.8 Å². The monoisotopic (exact) mass is 291 g/mol. The minimum Gasteiger partial charge on any atom is -0.395 e. The van der Waals surface area contributed by atoms with Crippen LogP contribution in [0.25, 0.3) is 0 Å². The molecule has 0 bridgehead atoms. The fourth-order valence-corrected chi connectivity index (χ4v) is 3.20. The molecule has 0 saturated carbocycles. The number of carbonyl (C=O) groups excluding carboxylic acids is 1. The zero-order valence-corrected chi connectivity index (χ0v) is 12.7. The van der Waals surface area contributed by atoms with Gasteiger partial charge in [0.2, 0.25) is 0 Å². The Morgan fingerprint density at radius 1 is 1.50 bits per heavy atom. The third-order valence-corrected chi connectivity index (χ3v) is 4.62. The van der Waals surface area contributed by atoms with Crippen LogP contribution < -0.4 is 0 Å². The Bertz CT molecular complexity index is 504. The molecule has 0 aliphatic carbocycles. The first-order chi connectivity index (χ1) is 9.74. The molecule has 3 nitrogen and oxygen atoms in total. The molecule has 1 fully saturated rings. The van der Waals surface area contributed by atoms with Gasteiger partial charge in [0, 0.05) is 24.9 Å². The summed E-state index contributed by atoms with van der Waals surface area (Å²) in [6.45, 7) is 4.05. The number of thiophene rings is 1. The molecule has 1 aliphatic rings. The zero-order chi connectivity index (χ0) is 14.4. The highest BCUT2D eigenvalue weighted by molar-refractivity contribution is 7.10. The second kappa shape index (κ2) is 7.47. The smallest absolute Gasteiger partial charge is 0.254 e. The average Bonchev–Trinajstić information content (AvgIpc) is 2.96. The molecular formula is C16H21NO2S. The number of hydrogen-bond acceptors (Lipinski definition) is 3. The van der Waals surface area contributed by atoms with Crippen molar-refractivity contribution in [2.45, 2.75) is 32.6 Å². The molecule has 0 aromatic carbocycles. The van der Waals surface area contributed by atoms with Gasteiger partial charge in [0.1, 0.15) is 0 Å². The van der Waals surface area contributed by atoms with E-state index in [-0.39, 0.29) is 12.5 Å². The van der Waals surface area contributed by atoms with Gasteiger partial charge in [0.25, 0.3) is 5.91 Å². The largest absolute Gasteiger partial charge is 0.395 e. The highest BCUT2D eigenvalue weighted by Gasteiger charge is 2.23. The summed E-state index contributed by atoms with van der Waals surface area (Å²) in [4.78, 5) is 15.2. The van der Waals surface area contributed by atoms with Crippen LogP contribution in [0.2, 0.25) is 0 Å².